The first kappa shape index (κ1) is 16.2. The molecule has 0 radical (unpaired) electrons. The lowest BCUT2D eigenvalue weighted by Crippen LogP contribution is -2.45. The number of carbonyl (C=O) groups is 1. The molecule has 0 aliphatic carbocycles. The molecule has 2 aromatic rings. The summed E-state index contributed by atoms with van der Waals surface area (Å²) in [5.41, 5.74) is 0.859. The number of aromatic nitrogens is 3. The van der Waals surface area contributed by atoms with E-state index in [2.05, 4.69) is 14.9 Å². The van der Waals surface area contributed by atoms with Gasteiger partial charge in [0.2, 0.25) is 5.91 Å². The van der Waals surface area contributed by atoms with Crippen LogP contribution in [0.1, 0.15) is 19.3 Å². The smallest absolute Gasteiger partial charge is 0.251 e. The first-order valence-electron chi connectivity index (χ1n) is 8.62. The minimum Gasteiger partial charge on any atom is -0.355 e. The summed E-state index contributed by atoms with van der Waals surface area (Å²) in [5, 5.41) is 0.968. The van der Waals surface area contributed by atoms with Gasteiger partial charge >= 0.3 is 0 Å². The lowest BCUT2D eigenvalue weighted by Gasteiger charge is -2.33. The number of anilines is 1. The number of piperidine rings is 1. The van der Waals surface area contributed by atoms with Crippen LogP contribution >= 0.6 is 0 Å². The zero-order chi connectivity index (χ0) is 17.6. The van der Waals surface area contributed by atoms with Crippen LogP contribution in [0, 0.1) is 5.92 Å². The summed E-state index contributed by atoms with van der Waals surface area (Å²) in [6.45, 7) is 1.62. The molecule has 0 saturated carbocycles. The number of rotatable bonds is 2. The van der Waals surface area contributed by atoms with Crippen LogP contribution in [0.15, 0.2) is 18.6 Å². The van der Waals surface area contributed by atoms with E-state index in [9.17, 15) is 13.6 Å². The Morgan fingerprint density at radius 3 is 2.76 bits per heavy atom. The lowest BCUT2D eigenvalue weighted by atomic mass is 10.0. The van der Waals surface area contributed by atoms with Gasteiger partial charge in [-0.3, -0.25) is 4.79 Å². The minimum absolute atomic E-state index is 0.00337. The summed E-state index contributed by atoms with van der Waals surface area (Å²) >= 11 is 0. The molecule has 25 heavy (non-hydrogen) atoms. The highest BCUT2D eigenvalue weighted by atomic mass is 19.3. The topological polar surface area (TPSA) is 54.3 Å². The van der Waals surface area contributed by atoms with Crippen LogP contribution < -0.4 is 4.90 Å². The third-order valence-corrected chi connectivity index (χ3v) is 5.28. The summed E-state index contributed by atoms with van der Waals surface area (Å²) in [7, 11) is 1.93. The summed E-state index contributed by atoms with van der Waals surface area (Å²) in [6.07, 6.45) is 3.75. The Morgan fingerprint density at radius 2 is 2.00 bits per heavy atom. The van der Waals surface area contributed by atoms with Crippen molar-refractivity contribution in [2.24, 2.45) is 13.0 Å². The Balaban J connectivity index is 1.47. The largest absolute Gasteiger partial charge is 0.355 e. The van der Waals surface area contributed by atoms with Crippen molar-refractivity contribution in [3.63, 3.8) is 0 Å². The van der Waals surface area contributed by atoms with Crippen LogP contribution in [0.4, 0.5) is 14.6 Å². The van der Waals surface area contributed by atoms with Gasteiger partial charge in [0.25, 0.3) is 5.92 Å². The predicted octanol–water partition coefficient (Wildman–Crippen LogP) is 2.05. The van der Waals surface area contributed by atoms with Gasteiger partial charge in [-0.1, -0.05) is 0 Å². The molecule has 2 aromatic heterocycles. The van der Waals surface area contributed by atoms with Crippen LogP contribution in [0.3, 0.4) is 0 Å². The number of fused-ring (bicyclic) bond motifs is 1. The van der Waals surface area contributed by atoms with E-state index in [1.54, 1.807) is 11.2 Å². The average Bonchev–Trinajstić information content (AvgIpc) is 3.22. The normalized spacial score (nSPS) is 23.4. The Kier molecular flexibility index (Phi) is 3.85. The quantitative estimate of drug-likeness (QED) is 0.833. The van der Waals surface area contributed by atoms with E-state index in [-0.39, 0.29) is 37.8 Å². The first-order valence-corrected chi connectivity index (χ1v) is 8.62. The number of alkyl halides is 2. The molecule has 2 saturated heterocycles. The monoisotopic (exact) mass is 349 g/mol. The highest BCUT2D eigenvalue weighted by molar-refractivity contribution is 5.88. The van der Waals surface area contributed by atoms with Gasteiger partial charge in [-0.2, -0.15) is 0 Å². The number of hydrogen-bond acceptors (Lipinski definition) is 4. The molecule has 0 bridgehead atoms. The number of amides is 1. The van der Waals surface area contributed by atoms with E-state index in [0.717, 1.165) is 29.8 Å². The molecule has 4 rings (SSSR count). The lowest BCUT2D eigenvalue weighted by molar-refractivity contribution is -0.140. The maximum absolute atomic E-state index is 13.3. The van der Waals surface area contributed by atoms with Crippen LogP contribution in [0.25, 0.3) is 11.0 Å². The van der Waals surface area contributed by atoms with E-state index in [1.807, 2.05) is 23.9 Å². The second kappa shape index (κ2) is 5.93. The molecule has 1 atom stereocenters. The Hall–Kier alpha value is -2.25. The van der Waals surface area contributed by atoms with Gasteiger partial charge in [-0.15, -0.1) is 0 Å². The summed E-state index contributed by atoms with van der Waals surface area (Å²) in [5.74, 6) is -1.94. The predicted molar refractivity (Wildman–Crippen MR) is 89.6 cm³/mol. The molecule has 134 valence electrons. The van der Waals surface area contributed by atoms with Gasteiger partial charge in [0.05, 0.1) is 11.3 Å². The molecule has 0 spiro atoms. The van der Waals surface area contributed by atoms with Crippen LogP contribution in [0.5, 0.6) is 0 Å². The average molecular weight is 349 g/mol. The summed E-state index contributed by atoms with van der Waals surface area (Å²) in [4.78, 5) is 25.1. The maximum Gasteiger partial charge on any atom is 0.251 e. The highest BCUT2D eigenvalue weighted by Gasteiger charge is 2.39. The fourth-order valence-corrected chi connectivity index (χ4v) is 3.78. The fourth-order valence-electron chi connectivity index (χ4n) is 3.78. The number of aryl methyl sites for hydroxylation is 1. The van der Waals surface area contributed by atoms with Gasteiger partial charge in [0, 0.05) is 52.3 Å². The fraction of sp³-hybridized carbons (Fsp3) is 0.588. The van der Waals surface area contributed by atoms with Crippen LogP contribution in [-0.4, -0.2) is 57.4 Å². The zero-order valence-electron chi connectivity index (χ0n) is 14.2. The van der Waals surface area contributed by atoms with E-state index < -0.39 is 5.92 Å². The van der Waals surface area contributed by atoms with Crippen molar-refractivity contribution < 1.29 is 13.6 Å². The molecular formula is C17H21F2N5O. The van der Waals surface area contributed by atoms with Gasteiger partial charge in [-0.25, -0.2) is 18.7 Å². The molecule has 2 fully saturated rings. The van der Waals surface area contributed by atoms with Crippen LogP contribution in [0.2, 0.25) is 0 Å². The molecule has 4 heterocycles. The van der Waals surface area contributed by atoms with Crippen molar-refractivity contribution >= 4 is 22.8 Å². The van der Waals surface area contributed by atoms with Crippen molar-refractivity contribution in [3.8, 4) is 0 Å². The zero-order valence-corrected chi connectivity index (χ0v) is 14.2. The van der Waals surface area contributed by atoms with E-state index >= 15 is 0 Å². The van der Waals surface area contributed by atoms with Gasteiger partial charge < -0.3 is 14.4 Å². The van der Waals surface area contributed by atoms with Crippen molar-refractivity contribution in [2.45, 2.75) is 25.2 Å². The molecule has 1 unspecified atom stereocenters. The number of nitrogens with zero attached hydrogens (tertiary/aromatic N) is 5. The van der Waals surface area contributed by atoms with Crippen LogP contribution in [-0.2, 0) is 11.8 Å². The third-order valence-electron chi connectivity index (χ3n) is 5.28. The Morgan fingerprint density at radius 1 is 1.24 bits per heavy atom. The number of carbonyl (C=O) groups excluding carboxylic acids is 1. The molecule has 0 N–H and O–H groups in total. The van der Waals surface area contributed by atoms with Crippen molar-refractivity contribution in [1.29, 1.82) is 0 Å². The Labute approximate surface area is 144 Å². The SMILES string of the molecule is Cn1ccc2c(N3CCC(C(=O)N4CCC(F)(F)CC4)C3)ncnc21. The molecule has 2 aliphatic rings. The number of likely N-dealkylation sites (tertiary alicyclic amines) is 1. The van der Waals surface area contributed by atoms with E-state index in [4.69, 9.17) is 0 Å². The second-order valence-electron chi connectivity index (χ2n) is 6.97. The standard InChI is InChI=1S/C17H21F2N5O/c1-22-6-3-13-14(22)20-11-21-15(13)24-7-2-12(10-24)16(25)23-8-4-17(18,19)5-9-23/h3,6,11-12H,2,4-5,7-10H2,1H3. The van der Waals surface area contributed by atoms with Gasteiger partial charge in [0.15, 0.2) is 0 Å². The van der Waals surface area contributed by atoms with Gasteiger partial charge in [-0.05, 0) is 12.5 Å². The molecule has 1 amide bonds. The Bertz CT molecular complexity index is 795. The van der Waals surface area contributed by atoms with Crippen molar-refractivity contribution in [1.82, 2.24) is 19.4 Å². The minimum atomic E-state index is -2.63. The second-order valence-corrected chi connectivity index (χ2v) is 6.97. The maximum atomic E-state index is 13.3. The van der Waals surface area contributed by atoms with Crippen molar-refractivity contribution in [2.75, 3.05) is 31.1 Å². The first-order chi connectivity index (χ1) is 11.9. The molecule has 6 nitrogen and oxygen atoms in total. The summed E-state index contributed by atoms with van der Waals surface area (Å²) in [6, 6.07) is 1.98. The van der Waals surface area contributed by atoms with E-state index in [1.165, 1.54) is 0 Å². The molecule has 8 heteroatoms. The molecule has 2 aliphatic heterocycles. The number of halogens is 2. The molecule has 0 aromatic carbocycles. The van der Waals surface area contributed by atoms with Crippen molar-refractivity contribution in [3.05, 3.63) is 18.6 Å². The number of hydrogen-bond donors (Lipinski definition) is 0. The van der Waals surface area contributed by atoms with E-state index in [0.29, 0.717) is 6.54 Å². The third kappa shape index (κ3) is 2.94. The van der Waals surface area contributed by atoms with Gasteiger partial charge in [0.1, 0.15) is 17.8 Å². The molecular weight excluding hydrogens is 328 g/mol. The highest BCUT2D eigenvalue weighted by Crippen LogP contribution is 2.32. The summed E-state index contributed by atoms with van der Waals surface area (Å²) < 4.78 is 28.5.